The number of carbonyl (C=O) groups excluding carboxylic acids is 2. The summed E-state index contributed by atoms with van der Waals surface area (Å²) in [6, 6.07) is 2.57. The lowest BCUT2D eigenvalue weighted by Crippen LogP contribution is -2.60. The molecule has 0 aromatic carbocycles. The van der Waals surface area contributed by atoms with Crippen molar-refractivity contribution >= 4 is 11.7 Å². The van der Waals surface area contributed by atoms with Gasteiger partial charge in [0.25, 0.3) is 12.3 Å². The molecule has 0 bridgehead atoms. The Kier molecular flexibility index (Phi) is 3.81. The number of aromatic nitrogens is 1. The maximum atomic E-state index is 12.5. The van der Waals surface area contributed by atoms with Crippen LogP contribution in [0.4, 0.5) is 8.78 Å². The molecule has 0 atom stereocenters. The first-order chi connectivity index (χ1) is 11.1. The van der Waals surface area contributed by atoms with Gasteiger partial charge in [-0.05, 0) is 31.1 Å². The van der Waals surface area contributed by atoms with Crippen molar-refractivity contribution in [2.24, 2.45) is 10.8 Å². The van der Waals surface area contributed by atoms with Crippen molar-refractivity contribution in [3.63, 3.8) is 0 Å². The summed E-state index contributed by atoms with van der Waals surface area (Å²) in [6.07, 6.45) is 1.26. The lowest BCUT2D eigenvalue weighted by Gasteiger charge is -2.53. The topological polar surface area (TPSA) is 50.3 Å². The van der Waals surface area contributed by atoms with Gasteiger partial charge in [-0.25, -0.2) is 8.78 Å². The fourth-order valence-electron chi connectivity index (χ4n) is 3.97. The highest BCUT2D eigenvalue weighted by Crippen LogP contribution is 2.48. The fraction of sp³-hybridized carbons (Fsp3) is 0.500. The van der Waals surface area contributed by atoms with E-state index in [4.69, 9.17) is 0 Å². The summed E-state index contributed by atoms with van der Waals surface area (Å²) >= 11 is 0. The van der Waals surface area contributed by atoms with Crippen LogP contribution in [-0.4, -0.2) is 34.7 Å². The van der Waals surface area contributed by atoms with Crippen molar-refractivity contribution in [2.75, 3.05) is 13.1 Å². The van der Waals surface area contributed by atoms with E-state index in [-0.39, 0.29) is 22.8 Å². The van der Waals surface area contributed by atoms with Gasteiger partial charge >= 0.3 is 0 Å². The number of pyridine rings is 1. The second kappa shape index (κ2) is 5.46. The highest BCUT2D eigenvalue weighted by molar-refractivity contribution is 6.00. The van der Waals surface area contributed by atoms with Gasteiger partial charge in [0.15, 0.2) is 5.78 Å². The molecule has 2 heterocycles. The van der Waals surface area contributed by atoms with Crippen molar-refractivity contribution in [1.82, 2.24) is 9.88 Å². The summed E-state index contributed by atoms with van der Waals surface area (Å²) in [5.74, 6) is -0.0561. The highest BCUT2D eigenvalue weighted by Gasteiger charge is 2.51. The highest BCUT2D eigenvalue weighted by atomic mass is 19.3. The number of amides is 1. The summed E-state index contributed by atoms with van der Waals surface area (Å²) in [6.45, 7) is 6.77. The van der Waals surface area contributed by atoms with Gasteiger partial charge in [0, 0.05) is 30.1 Å². The number of likely N-dealkylation sites (tertiary alicyclic amines) is 1. The van der Waals surface area contributed by atoms with Crippen LogP contribution in [-0.2, 0) is 4.79 Å². The number of ketones is 1. The smallest absolute Gasteiger partial charge is 0.280 e. The van der Waals surface area contributed by atoms with Gasteiger partial charge in [-0.2, -0.15) is 0 Å². The molecule has 1 aromatic heterocycles. The number of rotatable bonds is 2. The molecule has 1 aromatic rings. The average Bonchev–Trinajstić information content (AvgIpc) is 2.49. The average molecular weight is 334 g/mol. The van der Waals surface area contributed by atoms with E-state index in [2.05, 4.69) is 4.98 Å². The Balaban J connectivity index is 1.72. The lowest BCUT2D eigenvalue weighted by atomic mass is 9.61. The summed E-state index contributed by atoms with van der Waals surface area (Å²) in [7, 11) is 0. The summed E-state index contributed by atoms with van der Waals surface area (Å²) < 4.78 is 25.0. The van der Waals surface area contributed by atoms with E-state index in [1.165, 1.54) is 18.3 Å². The Morgan fingerprint density at radius 2 is 1.96 bits per heavy atom. The van der Waals surface area contributed by atoms with Gasteiger partial charge in [-0.15, -0.1) is 0 Å². The van der Waals surface area contributed by atoms with E-state index in [1.807, 2.05) is 26.8 Å². The molecule has 24 heavy (non-hydrogen) atoms. The lowest BCUT2D eigenvalue weighted by molar-refractivity contribution is -0.127. The molecule has 1 amide bonds. The minimum absolute atomic E-state index is 0.157. The van der Waals surface area contributed by atoms with Crippen LogP contribution in [0.25, 0.3) is 0 Å². The van der Waals surface area contributed by atoms with Crippen molar-refractivity contribution in [2.45, 2.75) is 33.6 Å². The Morgan fingerprint density at radius 3 is 2.46 bits per heavy atom. The molecule has 1 saturated heterocycles. The van der Waals surface area contributed by atoms with E-state index in [0.717, 1.165) is 5.57 Å². The number of hydrogen-bond donors (Lipinski definition) is 0. The Morgan fingerprint density at radius 1 is 1.29 bits per heavy atom. The fourth-order valence-corrected chi connectivity index (χ4v) is 3.97. The molecule has 2 aliphatic rings. The Hall–Kier alpha value is -2.11. The molecular weight excluding hydrogens is 314 g/mol. The van der Waals surface area contributed by atoms with Crippen LogP contribution in [0.1, 0.15) is 49.7 Å². The molecule has 0 saturated carbocycles. The van der Waals surface area contributed by atoms with E-state index >= 15 is 0 Å². The molecular formula is C18H20F2N2O2. The van der Waals surface area contributed by atoms with Crippen LogP contribution < -0.4 is 0 Å². The Bertz CT molecular complexity index is 717. The molecule has 0 unspecified atom stereocenters. The number of nitrogens with zero attached hydrogens (tertiary/aromatic N) is 2. The van der Waals surface area contributed by atoms with Gasteiger partial charge in [0.1, 0.15) is 5.69 Å². The minimum Gasteiger partial charge on any atom is -0.337 e. The number of halogens is 2. The van der Waals surface area contributed by atoms with Crippen LogP contribution in [0.15, 0.2) is 30.0 Å². The predicted molar refractivity (Wildman–Crippen MR) is 84.7 cm³/mol. The van der Waals surface area contributed by atoms with Gasteiger partial charge < -0.3 is 4.90 Å². The van der Waals surface area contributed by atoms with Gasteiger partial charge in [0.05, 0.1) is 5.56 Å². The van der Waals surface area contributed by atoms with Gasteiger partial charge in [-0.3, -0.25) is 14.6 Å². The maximum Gasteiger partial charge on any atom is 0.280 e. The molecule has 1 spiro atoms. The summed E-state index contributed by atoms with van der Waals surface area (Å²) in [5, 5.41) is 0. The predicted octanol–water partition coefficient (Wildman–Crippen LogP) is 3.41. The van der Waals surface area contributed by atoms with Crippen molar-refractivity contribution < 1.29 is 18.4 Å². The van der Waals surface area contributed by atoms with E-state index in [9.17, 15) is 18.4 Å². The molecule has 0 radical (unpaired) electrons. The molecule has 128 valence electrons. The number of Topliss-reactive ketones (excluding diaryl/α,β-unsaturated/α-hetero) is 1. The number of alkyl halides is 2. The molecule has 3 rings (SSSR count). The van der Waals surface area contributed by atoms with Gasteiger partial charge in [-0.1, -0.05) is 19.9 Å². The number of carbonyl (C=O) groups is 2. The minimum atomic E-state index is -2.64. The molecule has 6 heteroatoms. The first kappa shape index (κ1) is 16.7. The maximum absolute atomic E-state index is 12.5. The monoisotopic (exact) mass is 334 g/mol. The second-order valence-corrected chi connectivity index (χ2v) is 7.51. The Labute approximate surface area is 139 Å². The normalized spacial score (nSPS) is 21.7. The molecule has 1 aliphatic carbocycles. The van der Waals surface area contributed by atoms with Crippen molar-refractivity contribution in [3.8, 4) is 0 Å². The number of hydrogen-bond acceptors (Lipinski definition) is 3. The molecule has 1 fully saturated rings. The van der Waals surface area contributed by atoms with E-state index < -0.39 is 11.8 Å². The second-order valence-electron chi connectivity index (χ2n) is 7.51. The zero-order chi connectivity index (χ0) is 17.7. The summed E-state index contributed by atoms with van der Waals surface area (Å²) in [5.41, 5.74) is 0.141. The van der Waals surface area contributed by atoms with Crippen LogP contribution in [0.5, 0.6) is 0 Å². The third-order valence-corrected chi connectivity index (χ3v) is 4.85. The quantitative estimate of drug-likeness (QED) is 0.833. The SMILES string of the molecule is CC1=CC2(CN(C(=O)c3ccc(C(F)F)nc3)C2)CC(C)(C)C1=O. The molecule has 4 nitrogen and oxygen atoms in total. The third-order valence-electron chi connectivity index (χ3n) is 4.85. The summed E-state index contributed by atoms with van der Waals surface area (Å²) in [4.78, 5) is 29.9. The third kappa shape index (κ3) is 2.74. The molecule has 0 N–H and O–H groups in total. The largest absolute Gasteiger partial charge is 0.337 e. The van der Waals surface area contributed by atoms with Crippen LogP contribution in [0.3, 0.4) is 0 Å². The van der Waals surface area contributed by atoms with Crippen molar-refractivity contribution in [1.29, 1.82) is 0 Å². The zero-order valence-corrected chi connectivity index (χ0v) is 14.0. The van der Waals surface area contributed by atoms with Crippen LogP contribution >= 0.6 is 0 Å². The van der Waals surface area contributed by atoms with E-state index in [0.29, 0.717) is 25.1 Å². The van der Waals surface area contributed by atoms with Crippen LogP contribution in [0, 0.1) is 10.8 Å². The molecule has 1 aliphatic heterocycles. The first-order valence-corrected chi connectivity index (χ1v) is 7.91. The van der Waals surface area contributed by atoms with Crippen LogP contribution in [0.2, 0.25) is 0 Å². The zero-order valence-electron chi connectivity index (χ0n) is 14.0. The standard InChI is InChI=1S/C18H20F2N2O2/c1-11-6-18(8-17(2,3)14(11)23)9-22(10-18)16(24)12-4-5-13(15(19)20)21-7-12/h4-7,15H,8-10H2,1-3H3. The van der Waals surface area contributed by atoms with Gasteiger partial charge in [0.2, 0.25) is 0 Å². The van der Waals surface area contributed by atoms with E-state index in [1.54, 1.807) is 4.90 Å². The first-order valence-electron chi connectivity index (χ1n) is 7.91. The number of allylic oxidation sites excluding steroid dienone is 1. The van der Waals surface area contributed by atoms with Crippen molar-refractivity contribution in [3.05, 3.63) is 41.2 Å².